The first-order valence-electron chi connectivity index (χ1n) is 7.91. The topological polar surface area (TPSA) is 21.3 Å². The molecule has 0 aromatic heterocycles. The molecular formula is C20H19Cl2NO. The molecule has 0 spiro atoms. The van der Waals surface area contributed by atoms with Crippen LogP contribution in [0.5, 0.6) is 5.75 Å². The van der Waals surface area contributed by atoms with Gasteiger partial charge >= 0.3 is 0 Å². The minimum Gasteiger partial charge on any atom is -0.491 e. The van der Waals surface area contributed by atoms with E-state index < -0.39 is 0 Å². The first kappa shape index (κ1) is 16.9. The largest absolute Gasteiger partial charge is 0.491 e. The van der Waals surface area contributed by atoms with Gasteiger partial charge in [0, 0.05) is 17.8 Å². The van der Waals surface area contributed by atoms with Crippen LogP contribution in [-0.2, 0) is 6.54 Å². The lowest BCUT2D eigenvalue weighted by Gasteiger charge is -2.17. The predicted molar refractivity (Wildman–Crippen MR) is 104 cm³/mol. The highest BCUT2D eigenvalue weighted by Gasteiger charge is 2.10. The van der Waals surface area contributed by atoms with Crippen molar-refractivity contribution in [2.24, 2.45) is 0 Å². The molecule has 0 saturated carbocycles. The maximum atomic E-state index is 6.09. The van der Waals surface area contributed by atoms with Crippen molar-refractivity contribution in [3.63, 3.8) is 0 Å². The monoisotopic (exact) mass is 359 g/mol. The molecule has 2 nitrogen and oxygen atoms in total. The molecule has 3 aromatic carbocycles. The Morgan fingerprint density at radius 2 is 1.75 bits per heavy atom. The van der Waals surface area contributed by atoms with Crippen LogP contribution in [0.2, 0.25) is 10.0 Å². The highest BCUT2D eigenvalue weighted by Crippen LogP contribution is 2.31. The Balaban J connectivity index is 1.94. The molecule has 0 aliphatic rings. The third kappa shape index (κ3) is 3.77. The normalized spacial score (nSPS) is 11.0. The predicted octanol–water partition coefficient (Wildman–Crippen LogP) is 6.55. The Hall–Kier alpha value is -1.90. The average molecular weight is 360 g/mol. The number of fused-ring (bicyclic) bond motifs is 1. The minimum atomic E-state index is 0.120. The van der Waals surface area contributed by atoms with Crippen LogP contribution >= 0.6 is 23.2 Å². The molecule has 0 fully saturated rings. The SMILES string of the molecule is CC(C)Oc1ccc2ccccc2c1CNc1ccc(Cl)c(Cl)c1. The number of halogens is 2. The lowest BCUT2D eigenvalue weighted by atomic mass is 10.0. The summed E-state index contributed by atoms with van der Waals surface area (Å²) in [4.78, 5) is 0. The van der Waals surface area contributed by atoms with Crippen molar-refractivity contribution in [2.45, 2.75) is 26.5 Å². The van der Waals surface area contributed by atoms with Crippen molar-refractivity contribution >= 4 is 39.7 Å². The van der Waals surface area contributed by atoms with Gasteiger partial charge in [0.2, 0.25) is 0 Å². The van der Waals surface area contributed by atoms with Gasteiger partial charge < -0.3 is 10.1 Å². The van der Waals surface area contributed by atoms with E-state index in [2.05, 4.69) is 23.5 Å². The van der Waals surface area contributed by atoms with Crippen molar-refractivity contribution in [2.75, 3.05) is 5.32 Å². The van der Waals surface area contributed by atoms with E-state index in [1.165, 1.54) is 10.8 Å². The van der Waals surface area contributed by atoms with Gasteiger partial charge in [-0.3, -0.25) is 0 Å². The molecule has 0 atom stereocenters. The van der Waals surface area contributed by atoms with Crippen molar-refractivity contribution in [1.82, 2.24) is 0 Å². The van der Waals surface area contributed by atoms with Crippen LogP contribution in [0.3, 0.4) is 0 Å². The van der Waals surface area contributed by atoms with Crippen molar-refractivity contribution in [3.05, 3.63) is 70.2 Å². The number of anilines is 1. The summed E-state index contributed by atoms with van der Waals surface area (Å²) >= 11 is 12.1. The zero-order valence-electron chi connectivity index (χ0n) is 13.6. The Morgan fingerprint density at radius 3 is 2.50 bits per heavy atom. The van der Waals surface area contributed by atoms with Gasteiger partial charge in [-0.15, -0.1) is 0 Å². The zero-order chi connectivity index (χ0) is 17.1. The average Bonchev–Trinajstić information content (AvgIpc) is 2.56. The van der Waals surface area contributed by atoms with Crippen LogP contribution in [0.1, 0.15) is 19.4 Å². The van der Waals surface area contributed by atoms with Crippen LogP contribution in [0.15, 0.2) is 54.6 Å². The first-order valence-corrected chi connectivity index (χ1v) is 8.66. The lowest BCUT2D eigenvalue weighted by Crippen LogP contribution is -2.10. The van der Waals surface area contributed by atoms with Crippen LogP contribution in [0, 0.1) is 0 Å². The molecule has 4 heteroatoms. The Kier molecular flexibility index (Phi) is 5.17. The van der Waals surface area contributed by atoms with E-state index in [1.54, 1.807) is 6.07 Å². The van der Waals surface area contributed by atoms with E-state index >= 15 is 0 Å². The number of benzene rings is 3. The van der Waals surface area contributed by atoms with E-state index in [0.29, 0.717) is 16.6 Å². The molecule has 24 heavy (non-hydrogen) atoms. The fraction of sp³-hybridized carbons (Fsp3) is 0.200. The zero-order valence-corrected chi connectivity index (χ0v) is 15.2. The van der Waals surface area contributed by atoms with E-state index in [4.69, 9.17) is 27.9 Å². The van der Waals surface area contributed by atoms with E-state index in [0.717, 1.165) is 17.0 Å². The first-order chi connectivity index (χ1) is 11.5. The molecule has 0 unspecified atom stereocenters. The standard InChI is InChI=1S/C20H19Cl2NO/c1-13(2)24-20-10-7-14-5-3-4-6-16(14)17(20)12-23-15-8-9-18(21)19(22)11-15/h3-11,13,23H,12H2,1-2H3. The van der Waals surface area contributed by atoms with Crippen molar-refractivity contribution in [1.29, 1.82) is 0 Å². The summed E-state index contributed by atoms with van der Waals surface area (Å²) in [6.07, 6.45) is 0.120. The Labute approximate surface area is 152 Å². The van der Waals surface area contributed by atoms with Gasteiger partial charge in [-0.25, -0.2) is 0 Å². The second-order valence-electron chi connectivity index (χ2n) is 5.91. The molecule has 0 aliphatic carbocycles. The summed E-state index contributed by atoms with van der Waals surface area (Å²) in [5, 5.41) is 6.88. The molecule has 1 N–H and O–H groups in total. The molecule has 0 heterocycles. The van der Waals surface area contributed by atoms with Gasteiger partial charge in [0.15, 0.2) is 0 Å². The minimum absolute atomic E-state index is 0.120. The van der Waals surface area contributed by atoms with Gasteiger partial charge in [0.1, 0.15) is 5.75 Å². The van der Waals surface area contributed by atoms with Gasteiger partial charge in [-0.1, -0.05) is 53.5 Å². The summed E-state index contributed by atoms with van der Waals surface area (Å²) in [7, 11) is 0. The molecular weight excluding hydrogens is 341 g/mol. The molecule has 0 saturated heterocycles. The van der Waals surface area contributed by atoms with E-state index in [9.17, 15) is 0 Å². The fourth-order valence-electron chi connectivity index (χ4n) is 2.66. The quantitative estimate of drug-likeness (QED) is 0.557. The van der Waals surface area contributed by atoms with Crippen LogP contribution < -0.4 is 10.1 Å². The summed E-state index contributed by atoms with van der Waals surface area (Å²) in [6, 6.07) is 18.0. The summed E-state index contributed by atoms with van der Waals surface area (Å²) in [6.45, 7) is 4.71. The molecule has 0 bridgehead atoms. The van der Waals surface area contributed by atoms with Gasteiger partial charge in [0.05, 0.1) is 16.1 Å². The summed E-state index contributed by atoms with van der Waals surface area (Å²) in [5.74, 6) is 0.899. The van der Waals surface area contributed by atoms with Crippen molar-refractivity contribution < 1.29 is 4.74 Å². The van der Waals surface area contributed by atoms with Gasteiger partial charge in [-0.05, 0) is 48.9 Å². The number of nitrogens with one attached hydrogen (secondary N) is 1. The van der Waals surface area contributed by atoms with Gasteiger partial charge in [-0.2, -0.15) is 0 Å². The van der Waals surface area contributed by atoms with Crippen LogP contribution in [0.4, 0.5) is 5.69 Å². The second-order valence-corrected chi connectivity index (χ2v) is 6.73. The molecule has 124 valence electrons. The summed E-state index contributed by atoms with van der Waals surface area (Å²) < 4.78 is 6.00. The second kappa shape index (κ2) is 7.33. The Morgan fingerprint density at radius 1 is 0.958 bits per heavy atom. The molecule has 0 amide bonds. The third-order valence-electron chi connectivity index (χ3n) is 3.75. The number of ether oxygens (including phenoxy) is 1. The number of hydrogen-bond acceptors (Lipinski definition) is 2. The number of hydrogen-bond donors (Lipinski definition) is 1. The molecule has 3 rings (SSSR count). The fourth-order valence-corrected chi connectivity index (χ4v) is 2.96. The Bertz CT molecular complexity index is 861. The maximum absolute atomic E-state index is 6.09. The highest BCUT2D eigenvalue weighted by atomic mass is 35.5. The third-order valence-corrected chi connectivity index (χ3v) is 4.49. The van der Waals surface area contributed by atoms with Crippen LogP contribution in [-0.4, -0.2) is 6.10 Å². The summed E-state index contributed by atoms with van der Waals surface area (Å²) in [5.41, 5.74) is 2.06. The maximum Gasteiger partial charge on any atom is 0.125 e. The molecule has 0 aliphatic heterocycles. The van der Waals surface area contributed by atoms with Gasteiger partial charge in [0.25, 0.3) is 0 Å². The smallest absolute Gasteiger partial charge is 0.125 e. The van der Waals surface area contributed by atoms with Crippen molar-refractivity contribution in [3.8, 4) is 5.75 Å². The molecule has 3 aromatic rings. The molecule has 0 radical (unpaired) electrons. The van der Waals surface area contributed by atoms with E-state index in [-0.39, 0.29) is 6.10 Å². The van der Waals surface area contributed by atoms with E-state index in [1.807, 2.05) is 44.2 Å². The van der Waals surface area contributed by atoms with Crippen LogP contribution in [0.25, 0.3) is 10.8 Å². The highest BCUT2D eigenvalue weighted by molar-refractivity contribution is 6.42. The number of rotatable bonds is 5. The lowest BCUT2D eigenvalue weighted by molar-refractivity contribution is 0.240.